The summed E-state index contributed by atoms with van der Waals surface area (Å²) in [6.45, 7) is 6.81. The number of esters is 1. The van der Waals surface area contributed by atoms with Crippen LogP contribution in [0.2, 0.25) is 0 Å². The van der Waals surface area contributed by atoms with E-state index in [2.05, 4.69) is 15.2 Å². The Morgan fingerprint density at radius 1 is 1.16 bits per heavy atom. The van der Waals surface area contributed by atoms with Gasteiger partial charge in [0.1, 0.15) is 11.4 Å². The molecular formula is C23H28FN3O4. The number of nitrogens with one attached hydrogen (secondary N) is 1. The predicted octanol–water partition coefficient (Wildman–Crippen LogP) is 3.96. The molecule has 1 fully saturated rings. The summed E-state index contributed by atoms with van der Waals surface area (Å²) < 4.78 is 25.0. The number of benzene rings is 1. The minimum atomic E-state index is -0.728. The molecule has 0 aliphatic carbocycles. The summed E-state index contributed by atoms with van der Waals surface area (Å²) in [7, 11) is 1.34. The van der Waals surface area contributed by atoms with Crippen molar-refractivity contribution in [3.8, 4) is 0 Å². The molecule has 3 rings (SSSR count). The number of ether oxygens (including phenoxy) is 2. The smallest absolute Gasteiger partial charge is 0.413 e. The summed E-state index contributed by atoms with van der Waals surface area (Å²) in [5.41, 5.74) is 0.755. The SMILES string of the molecule is COC(=O)[C@@H]1CN(Cc2ccccc2)C[C@@H]1c1ccc(NC(=O)OC(C)(C)C)nc1F. The first-order valence-electron chi connectivity index (χ1n) is 10.2. The molecule has 2 heterocycles. The summed E-state index contributed by atoms with van der Waals surface area (Å²) >= 11 is 0. The second kappa shape index (κ2) is 9.43. The third-order valence-electron chi connectivity index (χ3n) is 5.05. The molecule has 166 valence electrons. The lowest BCUT2D eigenvalue weighted by Crippen LogP contribution is -2.27. The first kappa shape index (κ1) is 22.7. The number of hydrogen-bond donors (Lipinski definition) is 1. The molecule has 1 aliphatic rings. The fourth-order valence-corrected chi connectivity index (χ4v) is 3.76. The highest BCUT2D eigenvalue weighted by molar-refractivity contribution is 5.83. The van der Waals surface area contributed by atoms with Gasteiger partial charge in [0, 0.05) is 31.1 Å². The van der Waals surface area contributed by atoms with E-state index in [0.717, 1.165) is 5.56 Å². The number of methoxy groups -OCH3 is 1. The van der Waals surface area contributed by atoms with E-state index in [9.17, 15) is 14.0 Å². The van der Waals surface area contributed by atoms with E-state index in [1.165, 1.54) is 13.2 Å². The zero-order valence-electron chi connectivity index (χ0n) is 18.2. The van der Waals surface area contributed by atoms with Gasteiger partial charge in [0.25, 0.3) is 0 Å². The Labute approximate surface area is 181 Å². The summed E-state index contributed by atoms with van der Waals surface area (Å²) in [5.74, 6) is -1.97. The number of pyridine rings is 1. The zero-order chi connectivity index (χ0) is 22.6. The number of rotatable bonds is 5. The van der Waals surface area contributed by atoms with E-state index >= 15 is 0 Å². The van der Waals surface area contributed by atoms with Gasteiger partial charge in [-0.3, -0.25) is 15.0 Å². The molecule has 0 radical (unpaired) electrons. The first-order chi connectivity index (χ1) is 14.7. The fraction of sp³-hybridized carbons (Fsp3) is 0.435. The molecule has 1 aromatic heterocycles. The van der Waals surface area contributed by atoms with Gasteiger partial charge in [-0.25, -0.2) is 9.78 Å². The molecule has 31 heavy (non-hydrogen) atoms. The molecule has 1 N–H and O–H groups in total. The van der Waals surface area contributed by atoms with Crippen molar-refractivity contribution in [2.75, 3.05) is 25.5 Å². The van der Waals surface area contributed by atoms with Crippen LogP contribution in [0.3, 0.4) is 0 Å². The summed E-state index contributed by atoms with van der Waals surface area (Å²) in [5, 5.41) is 2.43. The second-order valence-electron chi connectivity index (χ2n) is 8.62. The van der Waals surface area contributed by atoms with Gasteiger partial charge in [0.05, 0.1) is 13.0 Å². The summed E-state index contributed by atoms with van der Waals surface area (Å²) in [6, 6.07) is 13.0. The standard InChI is InChI=1S/C23H28FN3O4/c1-23(2,3)31-22(29)26-19-11-10-16(20(24)25-19)17-13-27(14-18(17)21(28)30-4)12-15-8-6-5-7-9-15/h5-11,17-18H,12-14H2,1-4H3,(H,25,26,29)/t17-,18-/m1/s1. The molecule has 0 saturated carbocycles. The maximum Gasteiger partial charge on any atom is 0.413 e. The monoisotopic (exact) mass is 429 g/mol. The number of anilines is 1. The third kappa shape index (κ3) is 6.01. The lowest BCUT2D eigenvalue weighted by atomic mass is 9.89. The number of aromatic nitrogens is 1. The summed E-state index contributed by atoms with van der Waals surface area (Å²) in [4.78, 5) is 30.3. The second-order valence-corrected chi connectivity index (χ2v) is 8.62. The average molecular weight is 429 g/mol. The lowest BCUT2D eigenvalue weighted by Gasteiger charge is -2.20. The number of amides is 1. The normalized spacial score (nSPS) is 19.1. The maximum atomic E-state index is 14.9. The van der Waals surface area contributed by atoms with Crippen molar-refractivity contribution in [2.24, 2.45) is 5.92 Å². The van der Waals surface area contributed by atoms with Gasteiger partial charge >= 0.3 is 12.1 Å². The van der Waals surface area contributed by atoms with Crippen LogP contribution in [0.25, 0.3) is 0 Å². The van der Waals surface area contributed by atoms with Crippen LogP contribution in [0.5, 0.6) is 0 Å². The van der Waals surface area contributed by atoms with Crippen molar-refractivity contribution in [3.05, 3.63) is 59.5 Å². The fourth-order valence-electron chi connectivity index (χ4n) is 3.76. The molecule has 0 bridgehead atoms. The minimum Gasteiger partial charge on any atom is -0.469 e. The van der Waals surface area contributed by atoms with Crippen molar-refractivity contribution in [1.29, 1.82) is 0 Å². The van der Waals surface area contributed by atoms with Crippen molar-refractivity contribution < 1.29 is 23.5 Å². The van der Waals surface area contributed by atoms with Crippen LogP contribution in [0.15, 0.2) is 42.5 Å². The van der Waals surface area contributed by atoms with Crippen LogP contribution in [-0.4, -0.2) is 47.7 Å². The van der Waals surface area contributed by atoms with Gasteiger partial charge in [0.2, 0.25) is 5.95 Å². The van der Waals surface area contributed by atoms with E-state index in [4.69, 9.17) is 9.47 Å². The molecule has 1 aliphatic heterocycles. The van der Waals surface area contributed by atoms with Gasteiger partial charge in [-0.05, 0) is 32.4 Å². The molecule has 8 heteroatoms. The van der Waals surface area contributed by atoms with Crippen LogP contribution >= 0.6 is 0 Å². The number of hydrogen-bond acceptors (Lipinski definition) is 6. The van der Waals surface area contributed by atoms with Crippen molar-refractivity contribution >= 4 is 17.9 Å². The number of carbonyl (C=O) groups is 2. The molecule has 0 unspecified atom stereocenters. The van der Waals surface area contributed by atoms with Crippen LogP contribution in [0, 0.1) is 11.9 Å². The summed E-state index contributed by atoms with van der Waals surface area (Å²) in [6.07, 6.45) is -0.713. The van der Waals surface area contributed by atoms with Crippen LogP contribution < -0.4 is 5.32 Å². The van der Waals surface area contributed by atoms with E-state index in [1.54, 1.807) is 26.8 Å². The Balaban J connectivity index is 1.76. The highest BCUT2D eigenvalue weighted by Gasteiger charge is 2.40. The molecule has 1 amide bonds. The quantitative estimate of drug-likeness (QED) is 0.573. The highest BCUT2D eigenvalue weighted by Crippen LogP contribution is 2.35. The zero-order valence-corrected chi connectivity index (χ0v) is 18.2. The van der Waals surface area contributed by atoms with Gasteiger partial charge in [-0.1, -0.05) is 36.4 Å². The number of halogens is 1. The number of carbonyl (C=O) groups excluding carboxylic acids is 2. The molecule has 7 nitrogen and oxygen atoms in total. The molecule has 1 saturated heterocycles. The average Bonchev–Trinajstić information content (AvgIpc) is 3.10. The topological polar surface area (TPSA) is 80.8 Å². The van der Waals surface area contributed by atoms with Gasteiger partial charge < -0.3 is 9.47 Å². The molecular weight excluding hydrogens is 401 g/mol. The highest BCUT2D eigenvalue weighted by atomic mass is 19.1. The Hall–Kier alpha value is -3.00. The van der Waals surface area contributed by atoms with Crippen LogP contribution in [0.1, 0.15) is 37.8 Å². The van der Waals surface area contributed by atoms with Gasteiger partial charge in [-0.2, -0.15) is 4.39 Å². The van der Waals surface area contributed by atoms with Gasteiger partial charge in [-0.15, -0.1) is 0 Å². The van der Waals surface area contributed by atoms with Crippen molar-refractivity contribution in [3.63, 3.8) is 0 Å². The molecule has 1 aromatic carbocycles. The maximum absolute atomic E-state index is 14.9. The van der Waals surface area contributed by atoms with Crippen LogP contribution in [-0.2, 0) is 20.8 Å². The van der Waals surface area contributed by atoms with Crippen LogP contribution in [0.4, 0.5) is 15.0 Å². The minimum absolute atomic E-state index is 0.0456. The van der Waals surface area contributed by atoms with Crippen molar-refractivity contribution in [1.82, 2.24) is 9.88 Å². The van der Waals surface area contributed by atoms with E-state index in [0.29, 0.717) is 25.2 Å². The molecule has 2 atom stereocenters. The Morgan fingerprint density at radius 3 is 2.48 bits per heavy atom. The number of nitrogens with zero attached hydrogens (tertiary/aromatic N) is 2. The molecule has 2 aromatic rings. The Morgan fingerprint density at radius 2 is 1.87 bits per heavy atom. The third-order valence-corrected chi connectivity index (χ3v) is 5.05. The Bertz CT molecular complexity index is 930. The lowest BCUT2D eigenvalue weighted by molar-refractivity contribution is -0.145. The number of likely N-dealkylation sites (tertiary alicyclic amines) is 1. The molecule has 0 spiro atoms. The van der Waals surface area contributed by atoms with E-state index in [1.807, 2.05) is 30.3 Å². The van der Waals surface area contributed by atoms with E-state index in [-0.39, 0.29) is 11.8 Å². The first-order valence-corrected chi connectivity index (χ1v) is 10.2. The van der Waals surface area contributed by atoms with Crippen molar-refractivity contribution in [2.45, 2.75) is 38.8 Å². The largest absolute Gasteiger partial charge is 0.469 e. The predicted molar refractivity (Wildman–Crippen MR) is 114 cm³/mol. The van der Waals surface area contributed by atoms with E-state index < -0.39 is 29.5 Å². The van der Waals surface area contributed by atoms with Gasteiger partial charge in [0.15, 0.2) is 0 Å². The Kier molecular flexibility index (Phi) is 6.90.